The van der Waals surface area contributed by atoms with Gasteiger partial charge >= 0.3 is 6.98 Å². The third kappa shape index (κ3) is 1.93. The molecule has 0 amide bonds. The molecule has 13 heavy (non-hydrogen) atoms. The molecule has 0 atom stereocenters. The maximum Gasteiger partial charge on any atom is 0.512 e. The highest BCUT2D eigenvalue weighted by Crippen LogP contribution is 2.19. The SMILES string of the molecule is Fc1c(Cl)ccc([B-](F)(F)F)c1F. The van der Waals surface area contributed by atoms with Gasteiger partial charge in [-0.25, -0.2) is 8.78 Å². The van der Waals surface area contributed by atoms with Gasteiger partial charge in [0, 0.05) is 0 Å². The van der Waals surface area contributed by atoms with Crippen molar-refractivity contribution in [3.63, 3.8) is 0 Å². The third-order valence-electron chi connectivity index (χ3n) is 1.42. The molecule has 0 N–H and O–H groups in total. The molecule has 1 rings (SSSR count). The maximum atomic E-state index is 12.6. The summed E-state index contributed by atoms with van der Waals surface area (Å²) < 4.78 is 61.0. The van der Waals surface area contributed by atoms with Crippen LogP contribution in [0.5, 0.6) is 0 Å². The van der Waals surface area contributed by atoms with Gasteiger partial charge in [-0.15, -0.1) is 0 Å². The van der Waals surface area contributed by atoms with Gasteiger partial charge in [-0.1, -0.05) is 23.1 Å². The molecule has 1 aromatic carbocycles. The highest BCUT2D eigenvalue weighted by atomic mass is 35.5. The van der Waals surface area contributed by atoms with Crippen LogP contribution in [-0.2, 0) is 0 Å². The highest BCUT2D eigenvalue weighted by molar-refractivity contribution is 6.73. The Morgan fingerprint density at radius 1 is 1.00 bits per heavy atom. The second-order valence-corrected chi connectivity index (χ2v) is 2.75. The van der Waals surface area contributed by atoms with Gasteiger partial charge in [0.2, 0.25) is 0 Å². The van der Waals surface area contributed by atoms with E-state index in [2.05, 4.69) is 0 Å². The van der Waals surface area contributed by atoms with Crippen LogP contribution in [0.1, 0.15) is 0 Å². The molecule has 0 radical (unpaired) electrons. The van der Waals surface area contributed by atoms with Gasteiger partial charge in [-0.05, 0) is 6.07 Å². The minimum absolute atomic E-state index is 0.417. The smallest absolute Gasteiger partial charge is 0.445 e. The summed E-state index contributed by atoms with van der Waals surface area (Å²) >= 11 is 5.06. The highest BCUT2D eigenvalue weighted by Gasteiger charge is 2.30. The van der Waals surface area contributed by atoms with Gasteiger partial charge in [-0.3, -0.25) is 0 Å². The van der Waals surface area contributed by atoms with Crippen molar-refractivity contribution in [1.29, 1.82) is 0 Å². The summed E-state index contributed by atoms with van der Waals surface area (Å²) in [6, 6.07) is 1.09. The number of halogens is 6. The Bertz CT molecular complexity index is 335. The first kappa shape index (κ1) is 10.3. The summed E-state index contributed by atoms with van der Waals surface area (Å²) in [4.78, 5) is 0. The predicted molar refractivity (Wildman–Crippen MR) is 40.1 cm³/mol. The van der Waals surface area contributed by atoms with E-state index in [-0.39, 0.29) is 0 Å². The van der Waals surface area contributed by atoms with Crippen molar-refractivity contribution in [3.8, 4) is 0 Å². The van der Waals surface area contributed by atoms with Gasteiger partial charge in [0.25, 0.3) is 0 Å². The fourth-order valence-corrected chi connectivity index (χ4v) is 0.940. The fourth-order valence-electron chi connectivity index (χ4n) is 0.794. The van der Waals surface area contributed by atoms with Crippen LogP contribution in [0.2, 0.25) is 5.02 Å². The molecule has 0 aliphatic heterocycles. The second-order valence-electron chi connectivity index (χ2n) is 2.34. The molecular weight excluding hydrogens is 213 g/mol. The molecular formula is C6H2BClF5-. The van der Waals surface area contributed by atoms with Gasteiger partial charge in [0.1, 0.15) is 5.82 Å². The molecule has 0 aromatic heterocycles. The summed E-state index contributed by atoms with van der Waals surface area (Å²) in [6.45, 7) is -5.54. The van der Waals surface area contributed by atoms with E-state index < -0.39 is 29.1 Å². The summed E-state index contributed by atoms with van der Waals surface area (Å²) in [5.41, 5.74) is -1.60. The van der Waals surface area contributed by atoms with Crippen molar-refractivity contribution in [2.24, 2.45) is 0 Å². The molecule has 0 heterocycles. The molecule has 7 heteroatoms. The van der Waals surface area contributed by atoms with E-state index in [1.165, 1.54) is 0 Å². The van der Waals surface area contributed by atoms with Crippen molar-refractivity contribution in [2.75, 3.05) is 0 Å². The second kappa shape index (κ2) is 3.18. The van der Waals surface area contributed by atoms with Crippen LogP contribution in [-0.4, -0.2) is 6.98 Å². The maximum absolute atomic E-state index is 12.6. The minimum atomic E-state index is -5.54. The Morgan fingerprint density at radius 2 is 1.54 bits per heavy atom. The first-order valence-electron chi connectivity index (χ1n) is 3.17. The van der Waals surface area contributed by atoms with E-state index in [0.29, 0.717) is 12.1 Å². The molecule has 0 nitrogen and oxygen atoms in total. The van der Waals surface area contributed by atoms with Gasteiger partial charge in [0.15, 0.2) is 5.82 Å². The van der Waals surface area contributed by atoms with Crippen LogP contribution in [0, 0.1) is 11.6 Å². The standard InChI is InChI=1S/C6H2BClF5/c8-4-2-1-3(7(11,12)13)5(9)6(4)10/h1-2H/q-1. The van der Waals surface area contributed by atoms with Crippen molar-refractivity contribution in [2.45, 2.75) is 0 Å². The Hall–Kier alpha value is -0.775. The Kier molecular flexibility index (Phi) is 2.52. The van der Waals surface area contributed by atoms with Crippen LogP contribution in [0.3, 0.4) is 0 Å². The largest absolute Gasteiger partial charge is 0.512 e. The summed E-state index contributed by atoms with van der Waals surface area (Å²) in [5.74, 6) is -3.61. The zero-order valence-corrected chi connectivity index (χ0v) is 6.76. The van der Waals surface area contributed by atoms with Crippen LogP contribution in [0.25, 0.3) is 0 Å². The lowest BCUT2D eigenvalue weighted by atomic mass is 9.80. The molecule has 72 valence electrons. The predicted octanol–water partition coefficient (Wildman–Crippen LogP) is 2.67. The molecule has 0 spiro atoms. The number of rotatable bonds is 1. The molecule has 0 aliphatic rings. The lowest BCUT2D eigenvalue weighted by Crippen LogP contribution is -2.37. The number of hydrogen-bond donors (Lipinski definition) is 0. The average Bonchev–Trinajstić information content (AvgIpc) is 1.98. The van der Waals surface area contributed by atoms with Gasteiger partial charge in [-0.2, -0.15) is 0 Å². The zero-order valence-electron chi connectivity index (χ0n) is 6.00. The van der Waals surface area contributed by atoms with E-state index >= 15 is 0 Å². The molecule has 0 saturated carbocycles. The first-order chi connectivity index (χ1) is 5.84. The molecule has 0 aliphatic carbocycles. The quantitative estimate of drug-likeness (QED) is 0.384. The van der Waals surface area contributed by atoms with Crippen LogP contribution in [0.15, 0.2) is 12.1 Å². The van der Waals surface area contributed by atoms with Crippen molar-refractivity contribution in [1.82, 2.24) is 0 Å². The average molecular weight is 215 g/mol. The van der Waals surface area contributed by atoms with Crippen LogP contribution >= 0.6 is 11.6 Å². The third-order valence-corrected chi connectivity index (χ3v) is 1.71. The zero-order chi connectivity index (χ0) is 10.2. The summed E-state index contributed by atoms with van der Waals surface area (Å²) in [6.07, 6.45) is 0. The monoisotopic (exact) mass is 215 g/mol. The minimum Gasteiger partial charge on any atom is -0.445 e. The molecule has 0 fully saturated rings. The molecule has 0 bridgehead atoms. The Morgan fingerprint density at radius 3 is 2.00 bits per heavy atom. The van der Waals surface area contributed by atoms with Gasteiger partial charge < -0.3 is 12.9 Å². The van der Waals surface area contributed by atoms with E-state index in [4.69, 9.17) is 11.6 Å². The summed E-state index contributed by atoms with van der Waals surface area (Å²) in [5, 5.41) is -0.665. The Labute approximate surface area is 75.4 Å². The van der Waals surface area contributed by atoms with E-state index in [1.54, 1.807) is 0 Å². The van der Waals surface area contributed by atoms with E-state index in [9.17, 15) is 21.7 Å². The number of benzene rings is 1. The lowest BCUT2D eigenvalue weighted by Gasteiger charge is -2.15. The fraction of sp³-hybridized carbons (Fsp3) is 0. The van der Waals surface area contributed by atoms with Crippen molar-refractivity contribution in [3.05, 3.63) is 28.8 Å². The van der Waals surface area contributed by atoms with E-state index in [1.807, 2.05) is 0 Å². The van der Waals surface area contributed by atoms with Crippen LogP contribution in [0.4, 0.5) is 21.7 Å². The number of hydrogen-bond acceptors (Lipinski definition) is 0. The molecule has 1 aromatic rings. The van der Waals surface area contributed by atoms with Gasteiger partial charge in [0.05, 0.1) is 5.02 Å². The topological polar surface area (TPSA) is 0 Å². The van der Waals surface area contributed by atoms with Crippen molar-refractivity contribution < 1.29 is 21.7 Å². The summed E-state index contributed by atoms with van der Waals surface area (Å²) in [7, 11) is 0. The Balaban J connectivity index is 3.35. The van der Waals surface area contributed by atoms with Crippen LogP contribution < -0.4 is 5.46 Å². The first-order valence-corrected chi connectivity index (χ1v) is 3.55. The lowest BCUT2D eigenvalue weighted by molar-refractivity contribution is 0.478. The van der Waals surface area contributed by atoms with E-state index in [0.717, 1.165) is 0 Å². The van der Waals surface area contributed by atoms with Crippen molar-refractivity contribution >= 4 is 24.0 Å². The normalized spacial score (nSPS) is 11.8. The molecule has 0 unspecified atom stereocenters. The molecule has 0 saturated heterocycles.